The highest BCUT2D eigenvalue weighted by molar-refractivity contribution is 9.10. The number of carbonyl (C=O) groups is 1. The van der Waals surface area contributed by atoms with Gasteiger partial charge in [-0.05, 0) is 29.0 Å². The summed E-state index contributed by atoms with van der Waals surface area (Å²) in [5.41, 5.74) is 2.03. The molecule has 0 radical (unpaired) electrons. The maximum atomic E-state index is 12.2. The molecule has 0 aliphatic carbocycles. The highest BCUT2D eigenvalue weighted by Gasteiger charge is 2.35. The molecule has 0 bridgehead atoms. The molecule has 1 aliphatic rings. The molecular formula is C13H12BrN5O2. The molecule has 0 fully saturated rings. The van der Waals surface area contributed by atoms with Crippen LogP contribution in [0.5, 0.6) is 0 Å². The fourth-order valence-electron chi connectivity index (χ4n) is 2.37. The lowest BCUT2D eigenvalue weighted by molar-refractivity contribution is -0.136. The van der Waals surface area contributed by atoms with Gasteiger partial charge in [0.05, 0.1) is 12.7 Å². The average Bonchev–Trinajstić information content (AvgIpc) is 2.93. The van der Waals surface area contributed by atoms with Crippen molar-refractivity contribution in [1.82, 2.24) is 20.2 Å². The van der Waals surface area contributed by atoms with Crippen molar-refractivity contribution >= 4 is 27.8 Å². The van der Waals surface area contributed by atoms with E-state index in [1.807, 2.05) is 24.3 Å². The summed E-state index contributed by atoms with van der Waals surface area (Å²) in [6.07, 6.45) is 0. The van der Waals surface area contributed by atoms with Crippen LogP contribution in [-0.2, 0) is 9.53 Å². The first-order valence-corrected chi connectivity index (χ1v) is 7.01. The first-order valence-electron chi connectivity index (χ1n) is 6.22. The number of esters is 1. The second kappa shape index (κ2) is 5.28. The summed E-state index contributed by atoms with van der Waals surface area (Å²) < 4.78 is 7.35. The van der Waals surface area contributed by atoms with E-state index in [0.717, 1.165) is 10.0 Å². The molecule has 7 nitrogen and oxygen atoms in total. The van der Waals surface area contributed by atoms with Crippen LogP contribution in [0.1, 0.15) is 18.5 Å². The maximum Gasteiger partial charge on any atom is 0.338 e. The van der Waals surface area contributed by atoms with Gasteiger partial charge < -0.3 is 10.1 Å². The number of fused-ring (bicyclic) bond motifs is 1. The van der Waals surface area contributed by atoms with Gasteiger partial charge in [-0.25, -0.2) is 4.79 Å². The number of rotatable bonds is 2. The van der Waals surface area contributed by atoms with Crippen LogP contribution >= 0.6 is 15.9 Å². The van der Waals surface area contributed by atoms with E-state index in [-0.39, 0.29) is 0 Å². The Balaban J connectivity index is 2.23. The van der Waals surface area contributed by atoms with E-state index in [1.165, 1.54) is 7.11 Å². The number of hydrogen-bond donors (Lipinski definition) is 1. The van der Waals surface area contributed by atoms with Gasteiger partial charge in [-0.3, -0.25) is 0 Å². The Kier molecular flexibility index (Phi) is 3.46. The predicted molar refractivity (Wildman–Crippen MR) is 78.4 cm³/mol. The molecule has 0 unspecified atom stereocenters. The third kappa shape index (κ3) is 2.21. The first-order chi connectivity index (χ1) is 10.1. The van der Waals surface area contributed by atoms with Gasteiger partial charge in [0.1, 0.15) is 6.04 Å². The number of anilines is 1. The zero-order valence-corrected chi connectivity index (χ0v) is 13.0. The highest BCUT2D eigenvalue weighted by Crippen LogP contribution is 2.37. The van der Waals surface area contributed by atoms with Crippen molar-refractivity contribution in [2.75, 3.05) is 12.4 Å². The number of carbonyl (C=O) groups excluding carboxylic acids is 1. The van der Waals surface area contributed by atoms with E-state index in [9.17, 15) is 4.79 Å². The van der Waals surface area contributed by atoms with Crippen molar-refractivity contribution in [2.45, 2.75) is 13.0 Å². The summed E-state index contributed by atoms with van der Waals surface area (Å²) in [5.74, 6) is 0.0720. The van der Waals surface area contributed by atoms with Crippen LogP contribution in [0.4, 0.5) is 5.95 Å². The Morgan fingerprint density at radius 2 is 2.19 bits per heavy atom. The molecule has 0 saturated heterocycles. The van der Waals surface area contributed by atoms with Crippen LogP contribution in [0, 0.1) is 0 Å². The number of allylic oxidation sites excluding steroid dienone is 1. The van der Waals surface area contributed by atoms with Gasteiger partial charge in [0, 0.05) is 10.2 Å². The van der Waals surface area contributed by atoms with Crippen molar-refractivity contribution in [3.05, 3.63) is 45.6 Å². The number of methoxy groups -OCH3 is 1. The minimum Gasteiger partial charge on any atom is -0.466 e. The largest absolute Gasteiger partial charge is 0.466 e. The normalized spacial score (nSPS) is 17.2. The fraction of sp³-hybridized carbons (Fsp3) is 0.231. The number of halogens is 1. The molecule has 0 amide bonds. The minimum absolute atomic E-state index is 0.415. The van der Waals surface area contributed by atoms with Crippen LogP contribution < -0.4 is 5.32 Å². The molecule has 2 heterocycles. The molecule has 108 valence electrons. The van der Waals surface area contributed by atoms with E-state index >= 15 is 0 Å². The van der Waals surface area contributed by atoms with E-state index in [4.69, 9.17) is 4.74 Å². The second-order valence-electron chi connectivity index (χ2n) is 4.53. The number of nitrogens with one attached hydrogen (secondary N) is 1. The van der Waals surface area contributed by atoms with Gasteiger partial charge in [-0.2, -0.15) is 4.68 Å². The molecule has 1 atom stereocenters. The number of benzene rings is 1. The molecule has 0 spiro atoms. The molecule has 2 aromatic rings. The Labute approximate surface area is 129 Å². The third-order valence-corrected chi connectivity index (χ3v) is 4.04. The zero-order valence-electron chi connectivity index (χ0n) is 11.4. The summed E-state index contributed by atoms with van der Waals surface area (Å²) in [5, 5.41) is 14.6. The summed E-state index contributed by atoms with van der Waals surface area (Å²) in [6.45, 7) is 1.80. The van der Waals surface area contributed by atoms with E-state index < -0.39 is 12.0 Å². The van der Waals surface area contributed by atoms with Crippen LogP contribution in [-0.4, -0.2) is 33.3 Å². The number of ether oxygens (including phenoxy) is 1. The smallest absolute Gasteiger partial charge is 0.338 e. The molecule has 1 aliphatic heterocycles. The Morgan fingerprint density at radius 1 is 1.43 bits per heavy atom. The Morgan fingerprint density at radius 3 is 2.90 bits per heavy atom. The average molecular weight is 350 g/mol. The summed E-state index contributed by atoms with van der Waals surface area (Å²) in [7, 11) is 1.36. The molecule has 0 saturated carbocycles. The predicted octanol–water partition coefficient (Wildman–Crippen LogP) is 1.90. The van der Waals surface area contributed by atoms with Crippen LogP contribution in [0.2, 0.25) is 0 Å². The minimum atomic E-state index is -0.445. The number of tetrazole rings is 1. The molecule has 8 heteroatoms. The van der Waals surface area contributed by atoms with Gasteiger partial charge in [-0.15, -0.1) is 0 Å². The van der Waals surface area contributed by atoms with Gasteiger partial charge in [0.2, 0.25) is 5.95 Å². The first kappa shape index (κ1) is 13.7. The Hall–Kier alpha value is -2.22. The molecule has 1 N–H and O–H groups in total. The fourth-order valence-corrected chi connectivity index (χ4v) is 2.87. The molecule has 21 heavy (non-hydrogen) atoms. The lowest BCUT2D eigenvalue weighted by Crippen LogP contribution is -2.29. The van der Waals surface area contributed by atoms with Crippen molar-refractivity contribution in [3.8, 4) is 0 Å². The second-order valence-corrected chi connectivity index (χ2v) is 5.38. The van der Waals surface area contributed by atoms with E-state index in [2.05, 4.69) is 36.8 Å². The van der Waals surface area contributed by atoms with E-state index in [0.29, 0.717) is 17.2 Å². The van der Waals surface area contributed by atoms with Crippen LogP contribution in [0.25, 0.3) is 0 Å². The van der Waals surface area contributed by atoms with Crippen molar-refractivity contribution < 1.29 is 9.53 Å². The molecular weight excluding hydrogens is 338 g/mol. The molecule has 1 aromatic heterocycles. The summed E-state index contributed by atoms with van der Waals surface area (Å²) in [6, 6.07) is 7.19. The zero-order chi connectivity index (χ0) is 15.0. The van der Waals surface area contributed by atoms with Crippen molar-refractivity contribution in [2.24, 2.45) is 0 Å². The lowest BCUT2D eigenvalue weighted by atomic mass is 9.96. The van der Waals surface area contributed by atoms with Crippen molar-refractivity contribution in [3.63, 3.8) is 0 Å². The number of nitrogens with zero attached hydrogens (tertiary/aromatic N) is 4. The SMILES string of the molecule is COC(=O)C1=C(C)Nc2nnnn2[C@@H]1c1ccccc1Br. The molecule has 3 rings (SSSR count). The van der Waals surface area contributed by atoms with Gasteiger partial charge in [-0.1, -0.05) is 39.2 Å². The van der Waals surface area contributed by atoms with Crippen LogP contribution in [0.15, 0.2) is 40.0 Å². The topological polar surface area (TPSA) is 81.9 Å². The lowest BCUT2D eigenvalue weighted by Gasteiger charge is -2.27. The van der Waals surface area contributed by atoms with Gasteiger partial charge >= 0.3 is 5.97 Å². The van der Waals surface area contributed by atoms with Crippen LogP contribution in [0.3, 0.4) is 0 Å². The van der Waals surface area contributed by atoms with Gasteiger partial charge in [0.25, 0.3) is 0 Å². The number of hydrogen-bond acceptors (Lipinski definition) is 6. The summed E-state index contributed by atoms with van der Waals surface area (Å²) in [4.78, 5) is 12.2. The Bertz CT molecular complexity index is 740. The molecule has 1 aromatic carbocycles. The monoisotopic (exact) mass is 349 g/mol. The third-order valence-electron chi connectivity index (χ3n) is 3.32. The van der Waals surface area contributed by atoms with E-state index in [1.54, 1.807) is 11.6 Å². The summed E-state index contributed by atoms with van der Waals surface area (Å²) >= 11 is 3.51. The highest BCUT2D eigenvalue weighted by atomic mass is 79.9. The van der Waals surface area contributed by atoms with Gasteiger partial charge in [0.15, 0.2) is 0 Å². The van der Waals surface area contributed by atoms with Crippen molar-refractivity contribution in [1.29, 1.82) is 0 Å². The standard InChI is InChI=1S/C13H12BrN5O2/c1-7-10(12(20)21-2)11(8-5-3-4-6-9(8)14)19-13(15-7)16-17-18-19/h3-6,11H,1-2H3,(H,15,16,18)/t11-/m1/s1. The maximum absolute atomic E-state index is 12.2. The quantitative estimate of drug-likeness (QED) is 0.833. The number of aromatic nitrogens is 4.